The third-order valence-electron chi connectivity index (χ3n) is 5.35. The van der Waals surface area contributed by atoms with Gasteiger partial charge >= 0.3 is 11.9 Å². The van der Waals surface area contributed by atoms with Crippen molar-refractivity contribution in [1.82, 2.24) is 4.98 Å². The number of carbonyl (C=O) groups excluding carboxylic acids is 3. The van der Waals surface area contributed by atoms with Gasteiger partial charge in [0.2, 0.25) is 0 Å². The summed E-state index contributed by atoms with van der Waals surface area (Å²) in [5, 5.41) is 11.1. The van der Waals surface area contributed by atoms with Crippen LogP contribution < -0.4 is 9.64 Å². The summed E-state index contributed by atoms with van der Waals surface area (Å²) >= 11 is 0.836. The number of amides is 1. The first-order valence-corrected chi connectivity index (χ1v) is 10.9. The Morgan fingerprint density at radius 2 is 1.88 bits per heavy atom. The van der Waals surface area contributed by atoms with Crippen molar-refractivity contribution >= 4 is 39.9 Å². The lowest BCUT2D eigenvalue weighted by Gasteiger charge is -2.23. The molecule has 1 amide bonds. The predicted molar refractivity (Wildman–Crippen MR) is 122 cm³/mol. The molecule has 1 fully saturated rings. The largest absolute Gasteiger partial charge is 0.507 e. The lowest BCUT2D eigenvalue weighted by Crippen LogP contribution is -2.29. The average molecular weight is 482 g/mol. The quantitative estimate of drug-likeness (QED) is 0.253. The van der Waals surface area contributed by atoms with Gasteiger partial charge in [-0.1, -0.05) is 41.7 Å². The fourth-order valence-corrected chi connectivity index (χ4v) is 4.73. The molecular weight excluding hydrogens is 463 g/mol. The van der Waals surface area contributed by atoms with E-state index in [9.17, 15) is 23.9 Å². The Balaban J connectivity index is 1.96. The highest BCUT2D eigenvalue weighted by Crippen LogP contribution is 2.44. The number of anilines is 1. The summed E-state index contributed by atoms with van der Waals surface area (Å²) in [6.07, 6.45) is 0. The molecule has 1 aromatic heterocycles. The Morgan fingerprint density at radius 3 is 2.56 bits per heavy atom. The number of hydrogen-bond donors (Lipinski definition) is 1. The van der Waals surface area contributed by atoms with Crippen LogP contribution in [0.1, 0.15) is 32.5 Å². The number of carbonyl (C=O) groups is 3. The zero-order chi connectivity index (χ0) is 24.6. The topological polar surface area (TPSA) is 106 Å². The number of halogens is 1. The second-order valence-corrected chi connectivity index (χ2v) is 8.30. The van der Waals surface area contributed by atoms with Crippen LogP contribution in [0.25, 0.3) is 5.76 Å². The number of thiazole rings is 1. The molecule has 0 spiro atoms. The first kappa shape index (κ1) is 23.1. The molecule has 0 aliphatic carbocycles. The number of aliphatic hydroxyl groups excluding tert-OH is 1. The number of Topliss-reactive ketones (excluding diaryl/α,β-unsaturated/α-hetero) is 1. The zero-order valence-corrected chi connectivity index (χ0v) is 19.2. The third kappa shape index (κ3) is 3.81. The normalized spacial score (nSPS) is 17.2. The van der Waals surface area contributed by atoms with Crippen molar-refractivity contribution in [2.45, 2.75) is 13.0 Å². The average Bonchev–Trinajstić information content (AvgIpc) is 3.35. The van der Waals surface area contributed by atoms with Crippen molar-refractivity contribution < 1.29 is 33.4 Å². The van der Waals surface area contributed by atoms with E-state index in [4.69, 9.17) is 9.47 Å². The van der Waals surface area contributed by atoms with Crippen LogP contribution in [0.15, 0.2) is 54.1 Å². The molecule has 3 aromatic rings. The number of ether oxygens (including phenoxy) is 2. The molecule has 1 aliphatic rings. The van der Waals surface area contributed by atoms with Crippen LogP contribution in [-0.4, -0.2) is 42.0 Å². The number of hydrogen-bond acceptors (Lipinski definition) is 8. The van der Waals surface area contributed by atoms with E-state index in [-0.39, 0.29) is 32.4 Å². The maximum atomic E-state index is 14.9. The Labute approximate surface area is 197 Å². The van der Waals surface area contributed by atoms with Crippen LogP contribution >= 0.6 is 11.3 Å². The van der Waals surface area contributed by atoms with E-state index < -0.39 is 35.3 Å². The first-order valence-electron chi connectivity index (χ1n) is 10.0. The maximum absolute atomic E-state index is 14.9. The smallest absolute Gasteiger partial charge is 0.350 e. The first-order chi connectivity index (χ1) is 16.3. The number of methoxy groups -OCH3 is 2. The van der Waals surface area contributed by atoms with Gasteiger partial charge in [0.15, 0.2) is 5.13 Å². The lowest BCUT2D eigenvalue weighted by atomic mass is 9.95. The molecule has 10 heteroatoms. The van der Waals surface area contributed by atoms with Crippen molar-refractivity contribution in [3.05, 3.63) is 81.6 Å². The van der Waals surface area contributed by atoms with Crippen LogP contribution in [0.5, 0.6) is 5.75 Å². The van der Waals surface area contributed by atoms with Gasteiger partial charge in [-0.3, -0.25) is 14.5 Å². The highest BCUT2D eigenvalue weighted by molar-refractivity contribution is 7.17. The van der Waals surface area contributed by atoms with Crippen molar-refractivity contribution in [1.29, 1.82) is 0 Å². The van der Waals surface area contributed by atoms with Crippen molar-refractivity contribution in [2.24, 2.45) is 0 Å². The summed E-state index contributed by atoms with van der Waals surface area (Å²) in [6.45, 7) is 1.55. The molecule has 2 aromatic carbocycles. The molecule has 0 bridgehead atoms. The fraction of sp³-hybridized carbons (Fsp3) is 0.167. The van der Waals surface area contributed by atoms with Gasteiger partial charge in [-0.05, 0) is 25.1 Å². The second kappa shape index (κ2) is 9.06. The second-order valence-electron chi connectivity index (χ2n) is 7.33. The maximum Gasteiger partial charge on any atom is 0.350 e. The molecule has 1 N–H and O–H groups in total. The van der Waals surface area contributed by atoms with Gasteiger partial charge in [-0.2, -0.15) is 0 Å². The lowest BCUT2D eigenvalue weighted by molar-refractivity contribution is -0.132. The zero-order valence-electron chi connectivity index (χ0n) is 18.4. The number of aryl methyl sites for hydroxylation is 1. The van der Waals surface area contributed by atoms with E-state index in [1.54, 1.807) is 25.1 Å². The standard InChI is InChI=1S/C24H19FN2O6S/c1-12-21(23(31)33-3)34-24(26-12)27-18(15-9-4-5-10-16(15)25)17(20(29)22(27)30)19(28)13-7-6-8-14(11-13)32-2/h4-11,18,28H,1-3H3/t18-/m0/s1. The minimum Gasteiger partial charge on any atom is -0.507 e. The predicted octanol–water partition coefficient (Wildman–Crippen LogP) is 4.01. The summed E-state index contributed by atoms with van der Waals surface area (Å²) in [5.74, 6) is -3.44. The van der Waals surface area contributed by atoms with Gasteiger partial charge < -0.3 is 14.6 Å². The number of esters is 1. The van der Waals surface area contributed by atoms with Crippen LogP contribution in [0.4, 0.5) is 9.52 Å². The van der Waals surface area contributed by atoms with Crippen LogP contribution in [0.2, 0.25) is 0 Å². The molecule has 174 valence electrons. The molecule has 2 heterocycles. The van der Waals surface area contributed by atoms with Gasteiger partial charge in [-0.25, -0.2) is 14.2 Å². The molecule has 0 unspecified atom stereocenters. The molecule has 8 nitrogen and oxygen atoms in total. The molecule has 1 aliphatic heterocycles. The van der Waals surface area contributed by atoms with Gasteiger partial charge in [0.05, 0.1) is 25.5 Å². The summed E-state index contributed by atoms with van der Waals surface area (Å²) in [4.78, 5) is 43.8. The van der Waals surface area contributed by atoms with Crippen LogP contribution in [0, 0.1) is 12.7 Å². The van der Waals surface area contributed by atoms with Gasteiger partial charge in [0.25, 0.3) is 5.78 Å². The molecule has 0 radical (unpaired) electrons. The van der Waals surface area contributed by atoms with Crippen molar-refractivity contribution in [3.8, 4) is 5.75 Å². The Morgan fingerprint density at radius 1 is 1.15 bits per heavy atom. The van der Waals surface area contributed by atoms with E-state index >= 15 is 0 Å². The number of nitrogens with zero attached hydrogens (tertiary/aromatic N) is 2. The van der Waals surface area contributed by atoms with Gasteiger partial charge in [-0.15, -0.1) is 0 Å². The number of ketones is 1. The summed E-state index contributed by atoms with van der Waals surface area (Å²) in [6, 6.07) is 10.6. The minimum atomic E-state index is -1.32. The molecule has 4 rings (SSSR count). The van der Waals surface area contributed by atoms with E-state index in [2.05, 4.69) is 4.98 Å². The van der Waals surface area contributed by atoms with Crippen LogP contribution in [0.3, 0.4) is 0 Å². The Hall–Kier alpha value is -4.05. The Kier molecular flexibility index (Phi) is 6.16. The molecule has 0 saturated carbocycles. The van der Waals surface area contributed by atoms with E-state index in [0.29, 0.717) is 5.75 Å². The summed E-state index contributed by atoms with van der Waals surface area (Å²) < 4.78 is 24.9. The third-order valence-corrected chi connectivity index (χ3v) is 6.49. The van der Waals surface area contributed by atoms with E-state index in [0.717, 1.165) is 16.2 Å². The minimum absolute atomic E-state index is 0.00190. The fourth-order valence-electron chi connectivity index (χ4n) is 3.71. The SMILES string of the molecule is COC(=O)c1sc(N2C(=O)C(=O)C(=C(O)c3cccc(OC)c3)[C@@H]2c2ccccc2F)nc1C. The number of rotatable bonds is 5. The number of benzene rings is 2. The molecular formula is C24H19FN2O6S. The van der Waals surface area contributed by atoms with Gasteiger partial charge in [0, 0.05) is 11.1 Å². The summed E-state index contributed by atoms with van der Waals surface area (Å²) in [5.41, 5.74) is 0.174. The monoisotopic (exact) mass is 482 g/mol. The van der Waals surface area contributed by atoms with Crippen molar-refractivity contribution in [3.63, 3.8) is 0 Å². The molecule has 1 saturated heterocycles. The highest BCUT2D eigenvalue weighted by atomic mass is 32.1. The molecule has 34 heavy (non-hydrogen) atoms. The van der Waals surface area contributed by atoms with E-state index in [1.165, 1.54) is 44.6 Å². The number of aliphatic hydroxyl groups is 1. The van der Waals surface area contributed by atoms with E-state index in [1.807, 2.05) is 0 Å². The highest BCUT2D eigenvalue weighted by Gasteiger charge is 2.49. The Bertz CT molecular complexity index is 1350. The molecule has 1 atom stereocenters. The summed E-state index contributed by atoms with van der Waals surface area (Å²) in [7, 11) is 2.65. The number of aromatic nitrogens is 1. The van der Waals surface area contributed by atoms with Crippen LogP contribution in [-0.2, 0) is 14.3 Å². The van der Waals surface area contributed by atoms with Crippen molar-refractivity contribution in [2.75, 3.05) is 19.1 Å². The van der Waals surface area contributed by atoms with Gasteiger partial charge in [0.1, 0.15) is 28.2 Å².